The second-order valence-corrected chi connectivity index (χ2v) is 4.03. The minimum atomic E-state index is -0.377. The fourth-order valence-electron chi connectivity index (χ4n) is 1.48. The standard InChI is InChI=1S/C13H20N2O3/c1-5-11(14-9(3)16)7-13(18)8-12(6-2)15-10(4)17/h5-6,11-12H,1-2,7-8H2,3-4H3,(H,14,16)(H,15,17). The minimum Gasteiger partial charge on any atom is -0.350 e. The Morgan fingerprint density at radius 2 is 1.28 bits per heavy atom. The minimum absolute atomic E-state index is 0.0766. The molecule has 0 aromatic carbocycles. The molecular weight excluding hydrogens is 232 g/mol. The maximum absolute atomic E-state index is 11.7. The first kappa shape index (κ1) is 16.1. The second kappa shape index (κ2) is 8.22. The monoisotopic (exact) mass is 252 g/mol. The van der Waals surface area contributed by atoms with Crippen molar-refractivity contribution in [2.75, 3.05) is 0 Å². The van der Waals surface area contributed by atoms with E-state index in [9.17, 15) is 14.4 Å². The Morgan fingerprint density at radius 3 is 1.50 bits per heavy atom. The van der Waals surface area contributed by atoms with Gasteiger partial charge in [-0.25, -0.2) is 0 Å². The van der Waals surface area contributed by atoms with E-state index in [4.69, 9.17) is 0 Å². The lowest BCUT2D eigenvalue weighted by molar-refractivity contribution is -0.121. The molecule has 0 bridgehead atoms. The van der Waals surface area contributed by atoms with Gasteiger partial charge in [-0.1, -0.05) is 12.2 Å². The summed E-state index contributed by atoms with van der Waals surface area (Å²) in [7, 11) is 0. The smallest absolute Gasteiger partial charge is 0.217 e. The van der Waals surface area contributed by atoms with Crippen LogP contribution in [0.1, 0.15) is 26.7 Å². The zero-order valence-electron chi connectivity index (χ0n) is 10.9. The molecule has 2 atom stereocenters. The number of Topliss-reactive ketones (excluding diaryl/α,β-unsaturated/α-hetero) is 1. The third-order valence-electron chi connectivity index (χ3n) is 2.24. The summed E-state index contributed by atoms with van der Waals surface area (Å²) in [6, 6.07) is -0.754. The maximum Gasteiger partial charge on any atom is 0.217 e. The average Bonchev–Trinajstić information content (AvgIpc) is 2.25. The van der Waals surface area contributed by atoms with E-state index in [0.29, 0.717) is 0 Å². The average molecular weight is 252 g/mol. The number of ketones is 1. The van der Waals surface area contributed by atoms with Gasteiger partial charge in [0.25, 0.3) is 0 Å². The summed E-state index contributed by atoms with van der Waals surface area (Å²) in [6.07, 6.45) is 3.35. The predicted molar refractivity (Wildman–Crippen MR) is 69.8 cm³/mol. The lowest BCUT2D eigenvalue weighted by atomic mass is 10.0. The zero-order chi connectivity index (χ0) is 14.1. The molecule has 0 aromatic rings. The van der Waals surface area contributed by atoms with Crippen LogP contribution in [-0.4, -0.2) is 29.7 Å². The quantitative estimate of drug-likeness (QED) is 0.625. The summed E-state index contributed by atoms with van der Waals surface area (Å²) in [4.78, 5) is 33.5. The first-order valence-corrected chi connectivity index (χ1v) is 5.70. The van der Waals surface area contributed by atoms with E-state index in [2.05, 4.69) is 23.8 Å². The highest BCUT2D eigenvalue weighted by Crippen LogP contribution is 2.02. The Balaban J connectivity index is 4.29. The van der Waals surface area contributed by atoms with Gasteiger partial charge >= 0.3 is 0 Å². The highest BCUT2D eigenvalue weighted by atomic mass is 16.2. The second-order valence-electron chi connectivity index (χ2n) is 4.03. The van der Waals surface area contributed by atoms with Crippen molar-refractivity contribution < 1.29 is 14.4 Å². The van der Waals surface area contributed by atoms with E-state index in [1.54, 1.807) is 0 Å². The number of amides is 2. The van der Waals surface area contributed by atoms with Crippen LogP contribution in [-0.2, 0) is 14.4 Å². The third-order valence-corrected chi connectivity index (χ3v) is 2.24. The van der Waals surface area contributed by atoms with E-state index in [1.165, 1.54) is 26.0 Å². The van der Waals surface area contributed by atoms with Crippen LogP contribution < -0.4 is 10.6 Å². The first-order valence-electron chi connectivity index (χ1n) is 5.70. The first-order chi connectivity index (χ1) is 8.38. The molecule has 0 fully saturated rings. The molecule has 2 N–H and O–H groups in total. The molecule has 0 aliphatic heterocycles. The van der Waals surface area contributed by atoms with Gasteiger partial charge in [0.1, 0.15) is 5.78 Å². The Labute approximate surface area is 107 Å². The molecule has 0 aromatic heterocycles. The van der Waals surface area contributed by atoms with Gasteiger partial charge in [-0.2, -0.15) is 0 Å². The summed E-state index contributed by atoms with van der Waals surface area (Å²) in [5.41, 5.74) is 0. The topological polar surface area (TPSA) is 75.3 Å². The molecule has 0 rings (SSSR count). The van der Waals surface area contributed by atoms with Crippen LogP contribution in [0.4, 0.5) is 0 Å². The van der Waals surface area contributed by atoms with Crippen molar-refractivity contribution in [1.29, 1.82) is 0 Å². The Bertz CT molecular complexity index is 318. The molecule has 18 heavy (non-hydrogen) atoms. The van der Waals surface area contributed by atoms with E-state index in [0.717, 1.165) is 0 Å². The van der Waals surface area contributed by atoms with Gasteiger partial charge in [0.2, 0.25) is 11.8 Å². The van der Waals surface area contributed by atoms with E-state index < -0.39 is 0 Å². The molecule has 0 spiro atoms. The van der Waals surface area contributed by atoms with Crippen LogP contribution >= 0.6 is 0 Å². The third kappa shape index (κ3) is 7.38. The van der Waals surface area contributed by atoms with E-state index in [1.807, 2.05) is 0 Å². The normalized spacial score (nSPS) is 13.0. The van der Waals surface area contributed by atoms with Gasteiger partial charge < -0.3 is 10.6 Å². The molecule has 0 saturated heterocycles. The van der Waals surface area contributed by atoms with Gasteiger partial charge in [-0.3, -0.25) is 14.4 Å². The number of nitrogens with one attached hydrogen (secondary N) is 2. The summed E-state index contributed by atoms with van der Waals surface area (Å²) in [5, 5.41) is 5.20. The van der Waals surface area contributed by atoms with Crippen molar-refractivity contribution in [3.8, 4) is 0 Å². The number of carbonyl (C=O) groups excluding carboxylic acids is 3. The summed E-state index contributed by atoms with van der Waals surface area (Å²) >= 11 is 0. The van der Waals surface area contributed by atoms with Gasteiger partial charge in [0, 0.05) is 26.7 Å². The molecule has 5 nitrogen and oxygen atoms in total. The maximum atomic E-state index is 11.7. The predicted octanol–water partition coefficient (Wildman–Crippen LogP) is 0.717. The van der Waals surface area contributed by atoms with E-state index >= 15 is 0 Å². The lowest BCUT2D eigenvalue weighted by Gasteiger charge is -2.16. The molecule has 0 aliphatic rings. The van der Waals surface area contributed by atoms with Crippen LogP contribution in [0, 0.1) is 0 Å². The molecule has 100 valence electrons. The van der Waals surface area contributed by atoms with Gasteiger partial charge in [0.05, 0.1) is 12.1 Å². The number of rotatable bonds is 8. The highest BCUT2D eigenvalue weighted by molar-refractivity contribution is 5.82. The fourth-order valence-corrected chi connectivity index (χ4v) is 1.48. The number of hydrogen-bond acceptors (Lipinski definition) is 3. The lowest BCUT2D eigenvalue weighted by Crippen LogP contribution is -2.36. The van der Waals surface area contributed by atoms with Crippen molar-refractivity contribution in [3.05, 3.63) is 25.3 Å². The highest BCUT2D eigenvalue weighted by Gasteiger charge is 2.15. The Kier molecular flexibility index (Phi) is 7.35. The fraction of sp³-hybridized carbons (Fsp3) is 0.462. The van der Waals surface area contributed by atoms with Crippen molar-refractivity contribution in [2.24, 2.45) is 0 Å². The van der Waals surface area contributed by atoms with Crippen molar-refractivity contribution in [1.82, 2.24) is 10.6 Å². The van der Waals surface area contributed by atoms with Crippen molar-refractivity contribution >= 4 is 17.6 Å². The van der Waals surface area contributed by atoms with Crippen LogP contribution in [0.2, 0.25) is 0 Å². The summed E-state index contributed by atoms with van der Waals surface area (Å²) < 4.78 is 0. The van der Waals surface area contributed by atoms with Crippen LogP contribution in [0.3, 0.4) is 0 Å². The SMILES string of the molecule is C=CC(CC(=O)CC(C=C)NC(C)=O)NC(C)=O. The van der Waals surface area contributed by atoms with E-state index in [-0.39, 0.29) is 42.5 Å². The molecule has 0 radical (unpaired) electrons. The van der Waals surface area contributed by atoms with Crippen LogP contribution in [0.5, 0.6) is 0 Å². The zero-order valence-corrected chi connectivity index (χ0v) is 10.9. The Morgan fingerprint density at radius 1 is 0.944 bits per heavy atom. The molecular formula is C13H20N2O3. The summed E-state index contributed by atoms with van der Waals surface area (Å²) in [5.74, 6) is -0.503. The van der Waals surface area contributed by atoms with Gasteiger partial charge in [-0.15, -0.1) is 13.2 Å². The van der Waals surface area contributed by atoms with Gasteiger partial charge in [0.15, 0.2) is 0 Å². The molecule has 0 heterocycles. The molecule has 5 heteroatoms. The van der Waals surface area contributed by atoms with Crippen molar-refractivity contribution in [3.63, 3.8) is 0 Å². The van der Waals surface area contributed by atoms with Crippen LogP contribution in [0.15, 0.2) is 25.3 Å². The molecule has 0 saturated carbocycles. The molecule has 2 unspecified atom stereocenters. The van der Waals surface area contributed by atoms with Gasteiger partial charge in [-0.05, 0) is 0 Å². The molecule has 2 amide bonds. The Hall–Kier alpha value is -1.91. The largest absolute Gasteiger partial charge is 0.350 e. The number of hydrogen-bond donors (Lipinski definition) is 2. The summed E-state index contributed by atoms with van der Waals surface area (Å²) in [6.45, 7) is 9.88. The molecule has 0 aliphatic carbocycles. The van der Waals surface area contributed by atoms with Crippen molar-refractivity contribution in [2.45, 2.75) is 38.8 Å². The van der Waals surface area contributed by atoms with Crippen LogP contribution in [0.25, 0.3) is 0 Å². The number of carbonyl (C=O) groups is 3.